The summed E-state index contributed by atoms with van der Waals surface area (Å²) in [6, 6.07) is 11.2. The largest absolute Gasteiger partial charge is 0.478 e. The van der Waals surface area contributed by atoms with Gasteiger partial charge in [0.25, 0.3) is 0 Å². The minimum Gasteiger partial charge on any atom is -0.478 e. The zero-order chi connectivity index (χ0) is 13.1. The second kappa shape index (κ2) is 5.42. The van der Waals surface area contributed by atoms with Gasteiger partial charge in [0.2, 0.25) is 0 Å². The minimum absolute atomic E-state index is 0.329. The van der Waals surface area contributed by atoms with E-state index in [0.29, 0.717) is 14.8 Å². The zero-order valence-electron chi connectivity index (χ0n) is 9.06. The molecule has 2 aromatic rings. The molecule has 0 atom stereocenters. The van der Waals surface area contributed by atoms with Gasteiger partial charge < -0.3 is 5.11 Å². The molecule has 0 bridgehead atoms. The lowest BCUT2D eigenvalue weighted by Crippen LogP contribution is -2.02. The highest BCUT2D eigenvalue weighted by atomic mass is 35.5. The van der Waals surface area contributed by atoms with E-state index in [1.54, 1.807) is 30.3 Å². The topological polar surface area (TPSA) is 37.3 Å². The first kappa shape index (κ1) is 12.9. The summed E-state index contributed by atoms with van der Waals surface area (Å²) in [5, 5.41) is 9.51. The Hall–Kier alpha value is -1.52. The molecule has 2 rings (SSSR count). The van der Waals surface area contributed by atoms with Crippen LogP contribution in [0.4, 0.5) is 4.39 Å². The van der Waals surface area contributed by atoms with Crippen LogP contribution in [-0.4, -0.2) is 11.1 Å². The molecule has 5 heteroatoms. The molecule has 2 nitrogen and oxygen atoms in total. The summed E-state index contributed by atoms with van der Waals surface area (Å²) in [7, 11) is 0. The molecule has 1 N–H and O–H groups in total. The average molecular weight is 283 g/mol. The minimum atomic E-state index is -1.29. The Bertz CT molecular complexity index is 601. The maximum Gasteiger partial charge on any atom is 0.339 e. The van der Waals surface area contributed by atoms with E-state index in [2.05, 4.69) is 0 Å². The fraction of sp³-hybridized carbons (Fsp3) is 0. The van der Waals surface area contributed by atoms with Crippen molar-refractivity contribution < 1.29 is 14.3 Å². The zero-order valence-corrected chi connectivity index (χ0v) is 10.6. The van der Waals surface area contributed by atoms with Gasteiger partial charge in [-0.1, -0.05) is 41.6 Å². The number of aromatic carboxylic acids is 1. The van der Waals surface area contributed by atoms with Crippen molar-refractivity contribution in [3.63, 3.8) is 0 Å². The maximum absolute atomic E-state index is 13.5. The Balaban J connectivity index is 2.44. The van der Waals surface area contributed by atoms with E-state index in [4.69, 9.17) is 16.7 Å². The van der Waals surface area contributed by atoms with Gasteiger partial charge in [-0.3, -0.25) is 0 Å². The van der Waals surface area contributed by atoms with Crippen LogP contribution in [0.2, 0.25) is 5.02 Å². The quantitative estimate of drug-likeness (QED) is 0.910. The van der Waals surface area contributed by atoms with Crippen molar-refractivity contribution in [3.05, 3.63) is 58.9 Å². The Morgan fingerprint density at radius 1 is 1.11 bits per heavy atom. The average Bonchev–Trinajstić information content (AvgIpc) is 2.31. The molecule has 0 heterocycles. The van der Waals surface area contributed by atoms with E-state index in [9.17, 15) is 9.18 Å². The number of hydrogen-bond donors (Lipinski definition) is 1. The Morgan fingerprint density at radius 2 is 1.78 bits per heavy atom. The third kappa shape index (κ3) is 2.66. The lowest BCUT2D eigenvalue weighted by Gasteiger charge is -2.07. The first-order chi connectivity index (χ1) is 8.59. The third-order valence-corrected chi connectivity index (χ3v) is 3.82. The van der Waals surface area contributed by atoms with Gasteiger partial charge in [-0.15, -0.1) is 0 Å². The van der Waals surface area contributed by atoms with Gasteiger partial charge in [0, 0.05) is 9.79 Å². The molecule has 92 valence electrons. The van der Waals surface area contributed by atoms with Gasteiger partial charge in [0.1, 0.15) is 11.4 Å². The van der Waals surface area contributed by atoms with Crippen molar-refractivity contribution in [3.8, 4) is 0 Å². The van der Waals surface area contributed by atoms with E-state index in [1.165, 1.54) is 6.07 Å². The van der Waals surface area contributed by atoms with Gasteiger partial charge in [-0.2, -0.15) is 0 Å². The molecule has 0 amide bonds. The normalized spacial score (nSPS) is 10.3. The fourth-order valence-electron chi connectivity index (χ4n) is 1.44. The Morgan fingerprint density at radius 3 is 2.44 bits per heavy atom. The molecule has 0 radical (unpaired) electrons. The van der Waals surface area contributed by atoms with Crippen LogP contribution in [0.15, 0.2) is 52.3 Å². The number of halogens is 2. The number of rotatable bonds is 3. The first-order valence-electron chi connectivity index (χ1n) is 5.04. The van der Waals surface area contributed by atoms with E-state index in [1.807, 2.05) is 0 Å². The third-order valence-electron chi connectivity index (χ3n) is 2.25. The molecule has 0 aliphatic carbocycles. The summed E-state index contributed by atoms with van der Waals surface area (Å²) in [6.45, 7) is 0. The molecule has 0 fully saturated rings. The number of carbonyl (C=O) groups is 1. The number of benzene rings is 2. The van der Waals surface area contributed by atoms with Crippen LogP contribution in [0.3, 0.4) is 0 Å². The monoisotopic (exact) mass is 282 g/mol. The molecule has 2 aromatic carbocycles. The van der Waals surface area contributed by atoms with E-state index < -0.39 is 11.8 Å². The highest BCUT2D eigenvalue weighted by molar-refractivity contribution is 7.99. The molecular formula is C13H8ClFO2S. The molecule has 0 unspecified atom stereocenters. The number of hydrogen-bond acceptors (Lipinski definition) is 2. The van der Waals surface area contributed by atoms with Gasteiger partial charge in [0.05, 0.1) is 5.02 Å². The standard InChI is InChI=1S/C13H8ClFO2S/c14-8-4-1-2-6-10(8)18-11-7-3-5-9(15)12(11)13(16)17/h1-7H,(H,16,17). The molecule has 0 saturated heterocycles. The van der Waals surface area contributed by atoms with Crippen LogP contribution < -0.4 is 0 Å². The highest BCUT2D eigenvalue weighted by Crippen LogP contribution is 2.35. The van der Waals surface area contributed by atoms with E-state index in [0.717, 1.165) is 17.8 Å². The summed E-state index contributed by atoms with van der Waals surface area (Å²) in [6.07, 6.45) is 0. The van der Waals surface area contributed by atoms with E-state index in [-0.39, 0.29) is 5.56 Å². The van der Waals surface area contributed by atoms with Crippen LogP contribution in [-0.2, 0) is 0 Å². The summed E-state index contributed by atoms with van der Waals surface area (Å²) in [5.41, 5.74) is -0.331. The summed E-state index contributed by atoms with van der Waals surface area (Å²) >= 11 is 7.11. The molecule has 0 aliphatic rings. The van der Waals surface area contributed by atoms with Gasteiger partial charge in [-0.25, -0.2) is 9.18 Å². The number of carboxylic acid groups (broad SMARTS) is 1. The van der Waals surface area contributed by atoms with Crippen LogP contribution in [0.25, 0.3) is 0 Å². The van der Waals surface area contributed by atoms with E-state index >= 15 is 0 Å². The van der Waals surface area contributed by atoms with Crippen LogP contribution in [0, 0.1) is 5.82 Å². The van der Waals surface area contributed by atoms with Crippen molar-refractivity contribution in [1.29, 1.82) is 0 Å². The summed E-state index contributed by atoms with van der Waals surface area (Å²) in [5.74, 6) is -2.04. The SMILES string of the molecule is O=C(O)c1c(F)cccc1Sc1ccccc1Cl. The lowest BCUT2D eigenvalue weighted by molar-refractivity contribution is 0.0688. The number of carboxylic acids is 1. The first-order valence-corrected chi connectivity index (χ1v) is 6.23. The molecule has 0 saturated carbocycles. The smallest absolute Gasteiger partial charge is 0.339 e. The van der Waals surface area contributed by atoms with Gasteiger partial charge >= 0.3 is 5.97 Å². The second-order valence-corrected chi connectivity index (χ2v) is 4.94. The molecular weight excluding hydrogens is 275 g/mol. The van der Waals surface area contributed by atoms with Crippen molar-refractivity contribution in [1.82, 2.24) is 0 Å². The predicted octanol–water partition coefficient (Wildman–Crippen LogP) is 4.33. The molecule has 0 aliphatic heterocycles. The lowest BCUT2D eigenvalue weighted by atomic mass is 10.2. The maximum atomic E-state index is 13.5. The van der Waals surface area contributed by atoms with Crippen LogP contribution in [0.5, 0.6) is 0 Å². The Kier molecular flexibility index (Phi) is 3.89. The van der Waals surface area contributed by atoms with Crippen molar-refractivity contribution in [2.75, 3.05) is 0 Å². The van der Waals surface area contributed by atoms with Crippen molar-refractivity contribution in [2.24, 2.45) is 0 Å². The second-order valence-electron chi connectivity index (χ2n) is 3.45. The van der Waals surface area contributed by atoms with Gasteiger partial charge in [0.15, 0.2) is 0 Å². The molecule has 18 heavy (non-hydrogen) atoms. The molecule has 0 spiro atoms. The Labute approximate surface area is 112 Å². The van der Waals surface area contributed by atoms with Crippen LogP contribution in [0.1, 0.15) is 10.4 Å². The molecule has 0 aromatic heterocycles. The van der Waals surface area contributed by atoms with Gasteiger partial charge in [-0.05, 0) is 24.3 Å². The van der Waals surface area contributed by atoms with Crippen molar-refractivity contribution in [2.45, 2.75) is 9.79 Å². The highest BCUT2D eigenvalue weighted by Gasteiger charge is 2.16. The van der Waals surface area contributed by atoms with Crippen LogP contribution >= 0.6 is 23.4 Å². The summed E-state index contributed by atoms with van der Waals surface area (Å²) < 4.78 is 13.5. The predicted molar refractivity (Wildman–Crippen MR) is 68.9 cm³/mol. The summed E-state index contributed by atoms with van der Waals surface area (Å²) in [4.78, 5) is 12.0. The van der Waals surface area contributed by atoms with Crippen molar-refractivity contribution >= 4 is 29.3 Å². The fourth-order valence-corrected chi connectivity index (χ4v) is 2.68.